The van der Waals surface area contributed by atoms with Crippen LogP contribution in [0.15, 0.2) is 6.20 Å². The van der Waals surface area contributed by atoms with Gasteiger partial charge in [0.05, 0.1) is 5.69 Å². The zero-order chi connectivity index (χ0) is 17.0. The largest absolute Gasteiger partial charge is 0.296 e. The van der Waals surface area contributed by atoms with Crippen LogP contribution in [0, 0.1) is 6.92 Å². The van der Waals surface area contributed by atoms with Crippen molar-refractivity contribution >= 4 is 10.2 Å². The van der Waals surface area contributed by atoms with Crippen LogP contribution in [-0.4, -0.2) is 60.6 Å². The van der Waals surface area contributed by atoms with E-state index in [1.54, 1.807) is 14.1 Å². The molecule has 2 heterocycles. The van der Waals surface area contributed by atoms with Crippen LogP contribution in [-0.2, 0) is 23.8 Å². The molecule has 1 atom stereocenters. The minimum absolute atomic E-state index is 0.424. The average molecular weight is 343 g/mol. The number of rotatable bonds is 7. The van der Waals surface area contributed by atoms with Gasteiger partial charge in [-0.05, 0) is 32.7 Å². The molecule has 0 amide bonds. The molecule has 7 nitrogen and oxygen atoms in total. The quantitative estimate of drug-likeness (QED) is 0.797. The lowest BCUT2D eigenvalue weighted by Crippen LogP contribution is -2.42. The van der Waals surface area contributed by atoms with Gasteiger partial charge in [-0.3, -0.25) is 9.58 Å². The van der Waals surface area contributed by atoms with Crippen LogP contribution < -0.4 is 4.72 Å². The monoisotopic (exact) mass is 343 g/mol. The van der Waals surface area contributed by atoms with Crippen LogP contribution in [0.1, 0.15) is 36.9 Å². The molecule has 0 bridgehead atoms. The maximum absolute atomic E-state index is 11.8. The first-order valence-corrected chi connectivity index (χ1v) is 9.64. The highest BCUT2D eigenvalue weighted by Gasteiger charge is 2.24. The molecule has 1 aliphatic heterocycles. The fourth-order valence-electron chi connectivity index (χ4n) is 3.10. The van der Waals surface area contributed by atoms with Gasteiger partial charge in [-0.15, -0.1) is 0 Å². The van der Waals surface area contributed by atoms with Crippen molar-refractivity contribution in [2.24, 2.45) is 7.05 Å². The van der Waals surface area contributed by atoms with Crippen LogP contribution in [0.25, 0.3) is 0 Å². The number of aromatic nitrogens is 2. The molecule has 23 heavy (non-hydrogen) atoms. The van der Waals surface area contributed by atoms with Crippen molar-refractivity contribution in [2.75, 3.05) is 27.2 Å². The fourth-order valence-corrected chi connectivity index (χ4v) is 3.74. The molecular weight excluding hydrogens is 314 g/mol. The van der Waals surface area contributed by atoms with E-state index in [4.69, 9.17) is 0 Å². The third-order valence-electron chi connectivity index (χ3n) is 4.48. The lowest BCUT2D eigenvalue weighted by atomic mass is 9.98. The molecule has 2 rings (SSSR count). The number of hydrogen-bond acceptors (Lipinski definition) is 4. The van der Waals surface area contributed by atoms with Gasteiger partial charge in [0.1, 0.15) is 0 Å². The second-order valence-electron chi connectivity index (χ2n) is 6.50. The second-order valence-corrected chi connectivity index (χ2v) is 8.47. The zero-order valence-electron chi connectivity index (χ0n) is 14.6. The topological polar surface area (TPSA) is 70.5 Å². The van der Waals surface area contributed by atoms with Gasteiger partial charge in [0.15, 0.2) is 0 Å². The van der Waals surface area contributed by atoms with Crippen molar-refractivity contribution < 1.29 is 8.42 Å². The molecule has 0 saturated carbocycles. The Kier molecular flexibility index (Phi) is 6.19. The Labute approximate surface area is 139 Å². The lowest BCUT2D eigenvalue weighted by Gasteiger charge is -2.35. The van der Waals surface area contributed by atoms with Gasteiger partial charge >= 0.3 is 0 Å². The predicted molar refractivity (Wildman–Crippen MR) is 91.2 cm³/mol. The molecule has 1 aromatic heterocycles. The van der Waals surface area contributed by atoms with E-state index in [-0.39, 0.29) is 0 Å². The van der Waals surface area contributed by atoms with Crippen LogP contribution in [0.2, 0.25) is 0 Å². The van der Waals surface area contributed by atoms with Gasteiger partial charge in [-0.1, -0.05) is 6.42 Å². The highest BCUT2D eigenvalue weighted by Crippen LogP contribution is 2.22. The van der Waals surface area contributed by atoms with Gasteiger partial charge in [-0.2, -0.15) is 17.8 Å². The first-order valence-electron chi connectivity index (χ1n) is 8.20. The third-order valence-corrected chi connectivity index (χ3v) is 6.01. The second kappa shape index (κ2) is 7.74. The fraction of sp³-hybridized carbons (Fsp3) is 0.800. The first-order chi connectivity index (χ1) is 10.8. The predicted octanol–water partition coefficient (Wildman–Crippen LogP) is 0.869. The molecule has 8 heteroatoms. The summed E-state index contributed by atoms with van der Waals surface area (Å²) in [7, 11) is 1.70. The summed E-state index contributed by atoms with van der Waals surface area (Å²) in [6.45, 7) is 4.48. The summed E-state index contributed by atoms with van der Waals surface area (Å²) < 4.78 is 29.3. The summed E-state index contributed by atoms with van der Waals surface area (Å²) in [6, 6.07) is 0.424. The van der Waals surface area contributed by atoms with Crippen LogP contribution in [0.3, 0.4) is 0 Å². The molecule has 132 valence electrons. The summed E-state index contributed by atoms with van der Waals surface area (Å²) in [5.74, 6) is 0. The Morgan fingerprint density at radius 2 is 2.13 bits per heavy atom. The van der Waals surface area contributed by atoms with E-state index in [0.29, 0.717) is 12.6 Å². The summed E-state index contributed by atoms with van der Waals surface area (Å²) >= 11 is 0. The highest BCUT2D eigenvalue weighted by molar-refractivity contribution is 7.87. The normalized spacial score (nSPS) is 20.3. The number of aryl methyl sites for hydroxylation is 2. The minimum Gasteiger partial charge on any atom is -0.296 e. The molecule has 1 unspecified atom stereocenters. The van der Waals surface area contributed by atoms with E-state index < -0.39 is 10.2 Å². The summed E-state index contributed by atoms with van der Waals surface area (Å²) in [5.41, 5.74) is 2.33. The average Bonchev–Trinajstić information content (AvgIpc) is 2.78. The van der Waals surface area contributed by atoms with Crippen molar-refractivity contribution in [3.05, 3.63) is 17.5 Å². The smallest absolute Gasteiger partial charge is 0.278 e. The molecule has 0 spiro atoms. The summed E-state index contributed by atoms with van der Waals surface area (Å²) in [4.78, 5) is 2.47. The van der Waals surface area contributed by atoms with E-state index in [0.717, 1.165) is 31.6 Å². The molecule has 1 N–H and O–H groups in total. The molecule has 0 radical (unpaired) electrons. The molecular formula is C15H29N5O2S. The number of nitrogens with one attached hydrogen (secondary N) is 1. The summed E-state index contributed by atoms with van der Waals surface area (Å²) in [5, 5.41) is 4.41. The van der Waals surface area contributed by atoms with Gasteiger partial charge in [0, 0.05) is 52.0 Å². The Hall–Kier alpha value is -0.960. The Bertz CT molecular complexity index is 611. The maximum atomic E-state index is 11.8. The van der Waals surface area contributed by atoms with E-state index in [2.05, 4.69) is 20.9 Å². The zero-order valence-corrected chi connectivity index (χ0v) is 15.4. The standard InChI is InChI=1S/C15H29N5O2S/c1-13-14(11-19(4)17-13)12-20-10-6-5-7-15(20)8-9-16-23(21,22)18(2)3/h11,15-16H,5-10,12H2,1-4H3. The molecule has 0 aliphatic carbocycles. The van der Waals surface area contributed by atoms with E-state index in [9.17, 15) is 8.42 Å². The van der Waals surface area contributed by atoms with Gasteiger partial charge in [0.2, 0.25) is 0 Å². The summed E-state index contributed by atoms with van der Waals surface area (Å²) in [6.07, 6.45) is 6.47. The van der Waals surface area contributed by atoms with E-state index in [1.165, 1.54) is 22.7 Å². The van der Waals surface area contributed by atoms with Crippen molar-refractivity contribution in [1.29, 1.82) is 0 Å². The highest BCUT2D eigenvalue weighted by atomic mass is 32.2. The lowest BCUT2D eigenvalue weighted by molar-refractivity contribution is 0.133. The van der Waals surface area contributed by atoms with Crippen LogP contribution >= 0.6 is 0 Å². The SMILES string of the molecule is Cc1nn(C)cc1CN1CCCCC1CCNS(=O)(=O)N(C)C. The third kappa shape index (κ3) is 5.00. The number of nitrogens with zero attached hydrogens (tertiary/aromatic N) is 4. The van der Waals surface area contributed by atoms with Crippen molar-refractivity contribution in [2.45, 2.75) is 45.2 Å². The van der Waals surface area contributed by atoms with Crippen molar-refractivity contribution in [3.63, 3.8) is 0 Å². The first kappa shape index (κ1) is 18.4. The van der Waals surface area contributed by atoms with E-state index >= 15 is 0 Å². The Morgan fingerprint density at radius 3 is 2.74 bits per heavy atom. The van der Waals surface area contributed by atoms with Crippen molar-refractivity contribution in [3.8, 4) is 0 Å². The molecule has 1 aliphatic rings. The molecule has 0 aromatic carbocycles. The minimum atomic E-state index is -3.33. The van der Waals surface area contributed by atoms with Gasteiger partial charge in [0.25, 0.3) is 10.2 Å². The van der Waals surface area contributed by atoms with Crippen molar-refractivity contribution in [1.82, 2.24) is 23.7 Å². The van der Waals surface area contributed by atoms with E-state index in [1.807, 2.05) is 18.7 Å². The Morgan fingerprint density at radius 1 is 1.39 bits per heavy atom. The van der Waals surface area contributed by atoms with Gasteiger partial charge in [-0.25, -0.2) is 4.72 Å². The molecule has 1 saturated heterocycles. The van der Waals surface area contributed by atoms with Crippen LogP contribution in [0.4, 0.5) is 0 Å². The maximum Gasteiger partial charge on any atom is 0.278 e. The Balaban J connectivity index is 1.92. The molecule has 1 fully saturated rings. The van der Waals surface area contributed by atoms with Crippen LogP contribution in [0.5, 0.6) is 0 Å². The van der Waals surface area contributed by atoms with Gasteiger partial charge < -0.3 is 0 Å². The molecule has 1 aromatic rings. The number of piperidine rings is 1. The number of hydrogen-bond donors (Lipinski definition) is 1. The number of likely N-dealkylation sites (tertiary alicyclic amines) is 1.